The van der Waals surface area contributed by atoms with E-state index in [1.165, 1.54) is 0 Å². The third-order valence-electron chi connectivity index (χ3n) is 4.01. The second kappa shape index (κ2) is 8.67. The second-order valence-corrected chi connectivity index (χ2v) is 6.07. The Morgan fingerprint density at radius 3 is 2.00 bits per heavy atom. The lowest BCUT2D eigenvalue weighted by atomic mass is 10.1. The van der Waals surface area contributed by atoms with E-state index in [4.69, 9.17) is 16.3 Å². The number of ketones is 1. The van der Waals surface area contributed by atoms with Crippen LogP contribution in [0.25, 0.3) is 0 Å². The summed E-state index contributed by atoms with van der Waals surface area (Å²) in [7, 11) is 0. The minimum atomic E-state index is -0.865. The van der Waals surface area contributed by atoms with E-state index in [1.807, 2.05) is 12.1 Å². The molecule has 0 aliphatic heterocycles. The summed E-state index contributed by atoms with van der Waals surface area (Å²) in [5, 5.41) is 0.550. The number of Topliss-reactive ketones (excluding diaryl/α,β-unsaturated/α-hetero) is 1. The average molecular weight is 360 g/mol. The van der Waals surface area contributed by atoms with E-state index in [-0.39, 0.29) is 5.78 Å². The molecule has 0 spiro atoms. The second-order valence-electron chi connectivity index (χ2n) is 5.64. The third kappa shape index (κ3) is 4.83. The first-order valence-electron chi connectivity index (χ1n) is 8.32. The zero-order chi connectivity index (χ0) is 18.4. The summed E-state index contributed by atoms with van der Waals surface area (Å²) >= 11 is 5.82. The first-order valence-corrected chi connectivity index (χ1v) is 8.69. The molecule has 2 aromatic rings. The predicted molar refractivity (Wildman–Crippen MR) is 101 cm³/mol. The molecule has 0 saturated carbocycles. The van der Waals surface area contributed by atoms with E-state index in [1.54, 1.807) is 43.3 Å². The van der Waals surface area contributed by atoms with Crippen molar-refractivity contribution in [1.82, 2.24) is 0 Å². The van der Waals surface area contributed by atoms with Gasteiger partial charge < -0.3 is 9.64 Å². The Kier molecular flexibility index (Phi) is 6.59. The Labute approximate surface area is 153 Å². The van der Waals surface area contributed by atoms with Gasteiger partial charge in [0.15, 0.2) is 6.10 Å². The maximum Gasteiger partial charge on any atom is 0.338 e. The van der Waals surface area contributed by atoms with E-state index in [9.17, 15) is 9.59 Å². The maximum absolute atomic E-state index is 12.3. The average Bonchev–Trinajstić information content (AvgIpc) is 2.63. The number of nitrogens with zero attached hydrogens (tertiary/aromatic N) is 1. The summed E-state index contributed by atoms with van der Waals surface area (Å²) < 4.78 is 5.30. The number of hydrogen-bond donors (Lipinski definition) is 0. The highest BCUT2D eigenvalue weighted by molar-refractivity contribution is 6.30. The van der Waals surface area contributed by atoms with Gasteiger partial charge >= 0.3 is 5.97 Å². The summed E-state index contributed by atoms with van der Waals surface area (Å²) in [6.45, 7) is 7.52. The zero-order valence-corrected chi connectivity index (χ0v) is 15.4. The van der Waals surface area contributed by atoms with Crippen LogP contribution in [0.2, 0.25) is 5.02 Å². The SMILES string of the molecule is CCN(CC)c1ccc(C(=O)O[C@H](C)C(=O)c2ccc(Cl)cc2)cc1. The van der Waals surface area contributed by atoms with E-state index >= 15 is 0 Å². The van der Waals surface area contributed by atoms with Crippen molar-refractivity contribution in [3.05, 3.63) is 64.7 Å². The van der Waals surface area contributed by atoms with Gasteiger partial charge in [0.1, 0.15) is 0 Å². The lowest BCUT2D eigenvalue weighted by Crippen LogP contribution is -2.24. The van der Waals surface area contributed by atoms with Crippen LogP contribution < -0.4 is 4.90 Å². The fourth-order valence-electron chi connectivity index (χ4n) is 2.53. The molecule has 2 aromatic carbocycles. The molecular formula is C20H22ClNO3. The van der Waals surface area contributed by atoms with Gasteiger partial charge in [-0.1, -0.05) is 11.6 Å². The molecule has 0 radical (unpaired) electrons. The number of rotatable bonds is 7. The van der Waals surface area contributed by atoms with E-state index in [2.05, 4.69) is 18.7 Å². The number of anilines is 1. The summed E-state index contributed by atoms with van der Waals surface area (Å²) in [6, 6.07) is 13.7. The molecule has 0 N–H and O–H groups in total. The summed E-state index contributed by atoms with van der Waals surface area (Å²) in [4.78, 5) is 26.8. The topological polar surface area (TPSA) is 46.6 Å². The van der Waals surface area contributed by atoms with Crippen molar-refractivity contribution < 1.29 is 14.3 Å². The van der Waals surface area contributed by atoms with Crippen molar-refractivity contribution in [3.8, 4) is 0 Å². The number of carbonyl (C=O) groups excluding carboxylic acids is 2. The molecule has 0 saturated heterocycles. The van der Waals surface area contributed by atoms with Crippen LogP contribution in [0.15, 0.2) is 48.5 Å². The molecule has 0 fully saturated rings. The van der Waals surface area contributed by atoms with Crippen LogP contribution in [0.4, 0.5) is 5.69 Å². The standard InChI is InChI=1S/C20H22ClNO3/c1-4-22(5-2)18-12-8-16(9-13-18)20(24)25-14(3)19(23)15-6-10-17(21)11-7-15/h6-14H,4-5H2,1-3H3/t14-/m1/s1. The number of hydrogen-bond acceptors (Lipinski definition) is 4. The summed E-state index contributed by atoms with van der Waals surface area (Å²) in [6.07, 6.45) is -0.865. The van der Waals surface area contributed by atoms with Gasteiger partial charge in [0.25, 0.3) is 0 Å². The molecule has 1 atom stereocenters. The van der Waals surface area contributed by atoms with Gasteiger partial charge in [-0.3, -0.25) is 4.79 Å². The highest BCUT2D eigenvalue weighted by Gasteiger charge is 2.20. The van der Waals surface area contributed by atoms with Crippen LogP contribution in [-0.4, -0.2) is 30.9 Å². The Balaban J connectivity index is 2.03. The molecule has 4 nitrogen and oxygen atoms in total. The van der Waals surface area contributed by atoms with Crippen LogP contribution in [0.1, 0.15) is 41.5 Å². The zero-order valence-electron chi connectivity index (χ0n) is 14.7. The van der Waals surface area contributed by atoms with Gasteiger partial charge in [-0.05, 0) is 69.3 Å². The highest BCUT2D eigenvalue weighted by atomic mass is 35.5. The van der Waals surface area contributed by atoms with Gasteiger partial charge in [0, 0.05) is 29.4 Å². The van der Waals surface area contributed by atoms with Crippen molar-refractivity contribution in [3.63, 3.8) is 0 Å². The van der Waals surface area contributed by atoms with Crippen LogP contribution in [-0.2, 0) is 4.74 Å². The van der Waals surface area contributed by atoms with E-state index in [0.29, 0.717) is 16.1 Å². The maximum atomic E-state index is 12.3. The van der Waals surface area contributed by atoms with Crippen molar-refractivity contribution in [2.75, 3.05) is 18.0 Å². The Hall–Kier alpha value is -2.33. The molecule has 25 heavy (non-hydrogen) atoms. The number of ether oxygens (including phenoxy) is 1. The molecule has 132 valence electrons. The fraction of sp³-hybridized carbons (Fsp3) is 0.300. The van der Waals surface area contributed by atoms with Crippen LogP contribution in [0.3, 0.4) is 0 Å². The predicted octanol–water partition coefficient (Wildman–Crippen LogP) is 4.61. The first kappa shape index (κ1) is 19.0. The summed E-state index contributed by atoms with van der Waals surface area (Å²) in [5.74, 6) is -0.773. The minimum Gasteiger partial charge on any atom is -0.451 e. The van der Waals surface area contributed by atoms with Crippen LogP contribution in [0, 0.1) is 0 Å². The number of carbonyl (C=O) groups is 2. The molecular weight excluding hydrogens is 338 g/mol. The Morgan fingerprint density at radius 2 is 1.48 bits per heavy atom. The highest BCUT2D eigenvalue weighted by Crippen LogP contribution is 2.17. The molecule has 0 aliphatic rings. The van der Waals surface area contributed by atoms with Crippen LogP contribution >= 0.6 is 11.6 Å². The quantitative estimate of drug-likeness (QED) is 0.534. The lowest BCUT2D eigenvalue weighted by Gasteiger charge is -2.21. The Morgan fingerprint density at radius 1 is 0.960 bits per heavy atom. The lowest BCUT2D eigenvalue weighted by molar-refractivity contribution is 0.0319. The largest absolute Gasteiger partial charge is 0.451 e. The van der Waals surface area contributed by atoms with Gasteiger partial charge in [0.05, 0.1) is 5.56 Å². The molecule has 0 heterocycles. The first-order chi connectivity index (χ1) is 12.0. The molecule has 2 rings (SSSR count). The number of benzene rings is 2. The summed E-state index contributed by atoms with van der Waals surface area (Å²) in [5.41, 5.74) is 1.93. The van der Waals surface area contributed by atoms with Gasteiger partial charge in [-0.2, -0.15) is 0 Å². The molecule has 5 heteroatoms. The van der Waals surface area contributed by atoms with Crippen LogP contribution in [0.5, 0.6) is 0 Å². The normalized spacial score (nSPS) is 11.7. The van der Waals surface area contributed by atoms with E-state index < -0.39 is 12.1 Å². The van der Waals surface area contributed by atoms with Gasteiger partial charge in [0.2, 0.25) is 5.78 Å². The molecule has 0 amide bonds. The van der Waals surface area contributed by atoms with Gasteiger partial charge in [-0.15, -0.1) is 0 Å². The molecule has 0 aromatic heterocycles. The van der Waals surface area contributed by atoms with Crippen molar-refractivity contribution >= 4 is 29.0 Å². The Bertz CT molecular complexity index is 722. The smallest absolute Gasteiger partial charge is 0.338 e. The van der Waals surface area contributed by atoms with Crippen molar-refractivity contribution in [2.24, 2.45) is 0 Å². The van der Waals surface area contributed by atoms with Crippen molar-refractivity contribution in [1.29, 1.82) is 0 Å². The molecule has 0 bridgehead atoms. The molecule has 0 unspecified atom stereocenters. The van der Waals surface area contributed by atoms with Crippen molar-refractivity contribution in [2.45, 2.75) is 26.9 Å². The minimum absolute atomic E-state index is 0.259. The monoisotopic (exact) mass is 359 g/mol. The van der Waals surface area contributed by atoms with Gasteiger partial charge in [-0.25, -0.2) is 4.79 Å². The third-order valence-corrected chi connectivity index (χ3v) is 4.27. The molecule has 0 aliphatic carbocycles. The van der Waals surface area contributed by atoms with E-state index in [0.717, 1.165) is 18.8 Å². The number of esters is 1. The fourth-order valence-corrected chi connectivity index (χ4v) is 2.65. The number of halogens is 1.